The Kier molecular flexibility index (Phi) is 7.59. The summed E-state index contributed by atoms with van der Waals surface area (Å²) >= 11 is 0. The van der Waals surface area contributed by atoms with Crippen LogP contribution in [0.1, 0.15) is 60.8 Å². The van der Waals surface area contributed by atoms with E-state index in [-0.39, 0.29) is 23.7 Å². The Morgan fingerprint density at radius 3 is 2.82 bits per heavy atom. The van der Waals surface area contributed by atoms with E-state index in [0.717, 1.165) is 42.3 Å². The van der Waals surface area contributed by atoms with Crippen molar-refractivity contribution in [2.24, 2.45) is 11.8 Å². The highest BCUT2D eigenvalue weighted by molar-refractivity contribution is 5.83. The number of halogens is 1. The molecule has 1 aliphatic carbocycles. The van der Waals surface area contributed by atoms with Crippen LogP contribution in [0.2, 0.25) is 0 Å². The third-order valence-electron chi connectivity index (χ3n) is 8.45. The number of benzene rings is 2. The number of hydrogen-bond donors (Lipinski definition) is 2. The summed E-state index contributed by atoms with van der Waals surface area (Å²) in [5, 5.41) is 31.0. The Morgan fingerprint density at radius 1 is 1.26 bits per heavy atom. The number of likely N-dealkylation sites (tertiary alicyclic amines) is 1. The first-order valence-corrected chi connectivity index (χ1v) is 13.1. The maximum atomic E-state index is 14.3. The zero-order valence-electron chi connectivity index (χ0n) is 21.4. The van der Waals surface area contributed by atoms with E-state index < -0.39 is 18.0 Å². The number of rotatable bonds is 8. The number of nitrogens with zero attached hydrogens (tertiary/aromatic N) is 3. The van der Waals surface area contributed by atoms with Crippen LogP contribution in [0.5, 0.6) is 5.75 Å². The van der Waals surface area contributed by atoms with Crippen LogP contribution < -0.4 is 4.74 Å². The molecule has 2 aliphatic rings. The largest absolute Gasteiger partial charge is 0.497 e. The van der Waals surface area contributed by atoms with Crippen molar-refractivity contribution in [3.63, 3.8) is 0 Å². The van der Waals surface area contributed by atoms with Crippen molar-refractivity contribution in [3.8, 4) is 11.8 Å². The number of methoxy groups -OCH3 is 1. The summed E-state index contributed by atoms with van der Waals surface area (Å²) in [6.07, 6.45) is 4.30. The molecule has 1 aliphatic heterocycles. The summed E-state index contributed by atoms with van der Waals surface area (Å²) in [6.45, 7) is 1.25. The summed E-state index contributed by atoms with van der Waals surface area (Å²) in [6, 6.07) is 14.1. The Labute approximate surface area is 221 Å². The molecule has 198 valence electrons. The Bertz CT molecular complexity index is 1370. The SMILES string of the molecule is COc1ccc2nccc([C@@H](O)CC[C@@H]3CCN(C4CC(c5cc(C#N)ccc5F)C4)C[C@@H]3C(=O)O)c2c1. The summed E-state index contributed by atoms with van der Waals surface area (Å²) in [5.41, 5.74) is 2.58. The minimum atomic E-state index is -0.808. The van der Waals surface area contributed by atoms with Gasteiger partial charge >= 0.3 is 5.97 Å². The first-order chi connectivity index (χ1) is 18.4. The minimum absolute atomic E-state index is 0.0262. The lowest BCUT2D eigenvalue weighted by Gasteiger charge is -2.47. The van der Waals surface area contributed by atoms with Crippen molar-refractivity contribution in [2.75, 3.05) is 20.2 Å². The molecule has 3 aromatic rings. The highest BCUT2D eigenvalue weighted by Crippen LogP contribution is 2.43. The molecule has 0 radical (unpaired) electrons. The van der Waals surface area contributed by atoms with Crippen molar-refractivity contribution in [1.29, 1.82) is 5.26 Å². The van der Waals surface area contributed by atoms with E-state index in [1.54, 1.807) is 19.4 Å². The molecule has 2 N–H and O–H groups in total. The quantitative estimate of drug-likeness (QED) is 0.431. The van der Waals surface area contributed by atoms with Crippen LogP contribution in [-0.4, -0.2) is 52.3 Å². The second kappa shape index (κ2) is 11.1. The Hall–Kier alpha value is -3.54. The molecular weight excluding hydrogens is 485 g/mol. The maximum Gasteiger partial charge on any atom is 0.308 e. The molecule has 1 aromatic heterocycles. The van der Waals surface area contributed by atoms with E-state index in [9.17, 15) is 19.4 Å². The van der Waals surface area contributed by atoms with Gasteiger partial charge in [0.25, 0.3) is 0 Å². The van der Waals surface area contributed by atoms with Gasteiger partial charge < -0.3 is 14.9 Å². The second-order valence-electron chi connectivity index (χ2n) is 10.5. The molecule has 0 unspecified atom stereocenters. The number of ether oxygens (including phenoxy) is 1. The van der Waals surface area contributed by atoms with Crippen LogP contribution >= 0.6 is 0 Å². The molecule has 0 spiro atoms. The summed E-state index contributed by atoms with van der Waals surface area (Å²) < 4.78 is 19.7. The van der Waals surface area contributed by atoms with Crippen molar-refractivity contribution in [1.82, 2.24) is 9.88 Å². The van der Waals surface area contributed by atoms with Gasteiger partial charge in [-0.3, -0.25) is 14.7 Å². The van der Waals surface area contributed by atoms with Crippen LogP contribution in [0.3, 0.4) is 0 Å². The fourth-order valence-electron chi connectivity index (χ4n) is 6.14. The predicted octanol–water partition coefficient (Wildman–Crippen LogP) is 5.04. The molecule has 0 amide bonds. The van der Waals surface area contributed by atoms with E-state index >= 15 is 0 Å². The fraction of sp³-hybridized carbons (Fsp3) is 0.433. The van der Waals surface area contributed by atoms with Crippen LogP contribution in [-0.2, 0) is 4.79 Å². The number of aliphatic hydroxyl groups is 1. The van der Waals surface area contributed by atoms with Crippen LogP contribution in [0.25, 0.3) is 10.9 Å². The second-order valence-corrected chi connectivity index (χ2v) is 10.5. The zero-order valence-corrected chi connectivity index (χ0v) is 21.4. The molecule has 7 nitrogen and oxygen atoms in total. The number of aliphatic hydroxyl groups excluding tert-OH is 1. The zero-order chi connectivity index (χ0) is 26.8. The molecule has 8 heteroatoms. The first-order valence-electron chi connectivity index (χ1n) is 13.1. The molecule has 2 fully saturated rings. The number of nitriles is 1. The average Bonchev–Trinajstić information content (AvgIpc) is 2.91. The van der Waals surface area contributed by atoms with E-state index in [0.29, 0.717) is 36.3 Å². The molecule has 0 bridgehead atoms. The average molecular weight is 518 g/mol. The van der Waals surface area contributed by atoms with Gasteiger partial charge in [-0.25, -0.2) is 4.39 Å². The van der Waals surface area contributed by atoms with E-state index in [4.69, 9.17) is 10.00 Å². The van der Waals surface area contributed by atoms with Gasteiger partial charge in [0.1, 0.15) is 11.6 Å². The molecule has 5 rings (SSSR count). The van der Waals surface area contributed by atoms with Gasteiger partial charge in [0.2, 0.25) is 0 Å². The molecule has 1 saturated heterocycles. The van der Waals surface area contributed by atoms with Crippen LogP contribution in [0.15, 0.2) is 48.7 Å². The molecule has 38 heavy (non-hydrogen) atoms. The van der Waals surface area contributed by atoms with Gasteiger partial charge in [-0.05, 0) is 104 Å². The number of hydrogen-bond acceptors (Lipinski definition) is 6. The summed E-state index contributed by atoms with van der Waals surface area (Å²) in [7, 11) is 1.60. The number of carbonyl (C=O) groups is 1. The molecule has 2 aromatic carbocycles. The van der Waals surface area contributed by atoms with Crippen molar-refractivity contribution in [2.45, 2.75) is 50.2 Å². The van der Waals surface area contributed by atoms with Crippen LogP contribution in [0, 0.1) is 29.0 Å². The van der Waals surface area contributed by atoms with Gasteiger partial charge in [0.15, 0.2) is 0 Å². The smallest absolute Gasteiger partial charge is 0.308 e. The molecular formula is C30H32FN3O4. The lowest BCUT2D eigenvalue weighted by Crippen LogP contribution is -2.52. The topological polar surface area (TPSA) is 107 Å². The fourth-order valence-corrected chi connectivity index (χ4v) is 6.14. The highest BCUT2D eigenvalue weighted by atomic mass is 19.1. The Morgan fingerprint density at radius 2 is 2.08 bits per heavy atom. The van der Waals surface area contributed by atoms with Crippen molar-refractivity contribution < 1.29 is 24.1 Å². The van der Waals surface area contributed by atoms with Crippen molar-refractivity contribution in [3.05, 3.63) is 71.2 Å². The number of carboxylic acids is 1. The van der Waals surface area contributed by atoms with E-state index in [1.807, 2.05) is 24.3 Å². The number of aromatic nitrogens is 1. The van der Waals surface area contributed by atoms with Gasteiger partial charge in [0, 0.05) is 24.2 Å². The third kappa shape index (κ3) is 5.22. The summed E-state index contributed by atoms with van der Waals surface area (Å²) in [4.78, 5) is 18.8. The summed E-state index contributed by atoms with van der Waals surface area (Å²) in [5.74, 6) is -0.885. The molecule has 1 saturated carbocycles. The highest BCUT2D eigenvalue weighted by Gasteiger charge is 2.41. The maximum absolute atomic E-state index is 14.3. The number of piperidine rings is 1. The van der Waals surface area contributed by atoms with E-state index in [1.165, 1.54) is 12.1 Å². The first kappa shape index (κ1) is 26.1. The minimum Gasteiger partial charge on any atom is -0.497 e. The lowest BCUT2D eigenvalue weighted by atomic mass is 9.72. The molecule has 3 atom stereocenters. The monoisotopic (exact) mass is 517 g/mol. The van der Waals surface area contributed by atoms with Crippen molar-refractivity contribution >= 4 is 16.9 Å². The van der Waals surface area contributed by atoms with Gasteiger partial charge in [-0.1, -0.05) is 0 Å². The van der Waals surface area contributed by atoms with Gasteiger partial charge in [-0.15, -0.1) is 0 Å². The van der Waals surface area contributed by atoms with Gasteiger partial charge in [-0.2, -0.15) is 5.26 Å². The standard InChI is InChI=1S/C30H32FN3O4/c1-38-22-4-6-28-25(15-22)23(8-10-33-28)29(35)7-3-19-9-11-34(17-26(19)30(36)37)21-13-20(14-21)24-12-18(16-32)2-5-27(24)31/h2,4-6,8,10,12,15,19-21,26,29,35H,3,7,9,11,13-14,17H2,1H3,(H,36,37)/t19-,20?,21?,26+,29+/m1/s1. The van der Waals surface area contributed by atoms with E-state index in [2.05, 4.69) is 16.0 Å². The number of pyridine rings is 1. The third-order valence-corrected chi connectivity index (χ3v) is 8.45. The normalized spacial score (nSPS) is 24.4. The Balaban J connectivity index is 1.20. The van der Waals surface area contributed by atoms with Crippen LogP contribution in [0.4, 0.5) is 4.39 Å². The predicted molar refractivity (Wildman–Crippen MR) is 140 cm³/mol. The molecule has 2 heterocycles. The van der Waals surface area contributed by atoms with Gasteiger partial charge in [0.05, 0.1) is 36.3 Å². The number of fused-ring (bicyclic) bond motifs is 1. The lowest BCUT2D eigenvalue weighted by molar-refractivity contribution is -0.147. The number of aliphatic carboxylic acids is 1. The number of carboxylic acid groups (broad SMARTS) is 1.